The van der Waals surface area contributed by atoms with E-state index in [4.69, 9.17) is 4.74 Å². The molecular weight excluding hydrogens is 322 g/mol. The lowest BCUT2D eigenvalue weighted by atomic mass is 10.0. The molecular formula is C15H20BrNO3. The van der Waals surface area contributed by atoms with Gasteiger partial charge in [0.1, 0.15) is 6.04 Å². The van der Waals surface area contributed by atoms with Gasteiger partial charge in [0.15, 0.2) is 0 Å². The summed E-state index contributed by atoms with van der Waals surface area (Å²) >= 11 is 3.39. The Balaban J connectivity index is 2.84. The highest BCUT2D eigenvalue weighted by atomic mass is 79.9. The first-order valence-corrected chi connectivity index (χ1v) is 7.29. The largest absolute Gasteiger partial charge is 0.467 e. The summed E-state index contributed by atoms with van der Waals surface area (Å²) in [5.41, 5.74) is 1.50. The Kier molecular flexibility index (Phi) is 6.20. The van der Waals surface area contributed by atoms with Gasteiger partial charge in [-0.15, -0.1) is 0 Å². The molecule has 5 heteroatoms. The Morgan fingerprint density at radius 2 is 2.00 bits per heavy atom. The number of hydrogen-bond acceptors (Lipinski definition) is 3. The number of carbonyl (C=O) groups is 2. The summed E-state index contributed by atoms with van der Waals surface area (Å²) in [5.74, 6) is -0.399. The molecule has 0 bridgehead atoms. The van der Waals surface area contributed by atoms with Crippen molar-refractivity contribution in [2.45, 2.75) is 33.2 Å². The maximum absolute atomic E-state index is 12.2. The van der Waals surface area contributed by atoms with Gasteiger partial charge in [0.25, 0.3) is 5.91 Å². The minimum absolute atomic E-state index is 0.267. The Bertz CT molecular complexity index is 500. The third kappa shape index (κ3) is 4.63. The highest BCUT2D eigenvalue weighted by Gasteiger charge is 2.23. The first kappa shape index (κ1) is 16.7. The van der Waals surface area contributed by atoms with Gasteiger partial charge in [-0.2, -0.15) is 0 Å². The van der Waals surface area contributed by atoms with Crippen LogP contribution in [0.5, 0.6) is 0 Å². The fourth-order valence-electron chi connectivity index (χ4n) is 1.86. The van der Waals surface area contributed by atoms with E-state index in [1.165, 1.54) is 7.11 Å². The molecule has 20 heavy (non-hydrogen) atoms. The van der Waals surface area contributed by atoms with E-state index in [2.05, 4.69) is 21.2 Å². The van der Waals surface area contributed by atoms with Gasteiger partial charge in [-0.3, -0.25) is 4.79 Å². The van der Waals surface area contributed by atoms with Crippen molar-refractivity contribution >= 4 is 27.8 Å². The van der Waals surface area contributed by atoms with Crippen LogP contribution in [0.25, 0.3) is 0 Å². The summed E-state index contributed by atoms with van der Waals surface area (Å²) < 4.78 is 5.68. The molecule has 1 rings (SSSR count). The van der Waals surface area contributed by atoms with E-state index in [-0.39, 0.29) is 11.8 Å². The van der Waals surface area contributed by atoms with E-state index >= 15 is 0 Å². The van der Waals surface area contributed by atoms with Crippen LogP contribution in [0, 0.1) is 12.8 Å². The highest BCUT2D eigenvalue weighted by molar-refractivity contribution is 9.10. The molecule has 1 amide bonds. The van der Waals surface area contributed by atoms with Gasteiger partial charge in [0.05, 0.1) is 7.11 Å². The average molecular weight is 342 g/mol. The van der Waals surface area contributed by atoms with Crippen molar-refractivity contribution in [3.8, 4) is 0 Å². The van der Waals surface area contributed by atoms with Crippen molar-refractivity contribution in [2.24, 2.45) is 5.92 Å². The van der Waals surface area contributed by atoms with Gasteiger partial charge < -0.3 is 10.1 Å². The minimum Gasteiger partial charge on any atom is -0.467 e. The Labute approximate surface area is 128 Å². The first-order chi connectivity index (χ1) is 9.35. The Morgan fingerprint density at radius 1 is 1.35 bits per heavy atom. The number of carbonyl (C=O) groups excluding carboxylic acids is 2. The van der Waals surface area contributed by atoms with Gasteiger partial charge in [-0.05, 0) is 43.0 Å². The lowest BCUT2D eigenvalue weighted by molar-refractivity contribution is -0.143. The summed E-state index contributed by atoms with van der Waals surface area (Å²) in [7, 11) is 1.32. The first-order valence-electron chi connectivity index (χ1n) is 6.50. The number of rotatable bonds is 5. The van der Waals surface area contributed by atoms with E-state index in [0.29, 0.717) is 12.0 Å². The fourth-order valence-corrected chi connectivity index (χ4v) is 2.10. The van der Waals surface area contributed by atoms with Crippen molar-refractivity contribution in [1.29, 1.82) is 0 Å². The minimum atomic E-state index is -0.614. The van der Waals surface area contributed by atoms with Crippen LogP contribution in [0.3, 0.4) is 0 Å². The molecule has 0 saturated heterocycles. The van der Waals surface area contributed by atoms with Crippen LogP contribution >= 0.6 is 15.9 Å². The van der Waals surface area contributed by atoms with Crippen molar-refractivity contribution in [2.75, 3.05) is 7.11 Å². The van der Waals surface area contributed by atoms with Crippen molar-refractivity contribution in [3.63, 3.8) is 0 Å². The molecule has 1 N–H and O–H groups in total. The average Bonchev–Trinajstić information content (AvgIpc) is 2.39. The summed E-state index contributed by atoms with van der Waals surface area (Å²) in [5, 5.41) is 2.73. The van der Waals surface area contributed by atoms with Gasteiger partial charge in [-0.1, -0.05) is 29.8 Å². The number of amides is 1. The zero-order chi connectivity index (χ0) is 15.3. The van der Waals surface area contributed by atoms with E-state index < -0.39 is 12.0 Å². The fraction of sp³-hybridized carbons (Fsp3) is 0.467. The molecule has 0 aliphatic carbocycles. The molecule has 110 valence electrons. The molecule has 1 atom stereocenters. The van der Waals surface area contributed by atoms with Crippen molar-refractivity contribution in [3.05, 3.63) is 33.8 Å². The molecule has 0 aliphatic heterocycles. The predicted octanol–water partition coefficient (Wildman–Crippen LogP) is 3.08. The monoisotopic (exact) mass is 341 g/mol. The number of ether oxygens (including phenoxy) is 1. The van der Waals surface area contributed by atoms with Crippen LogP contribution in [0.2, 0.25) is 0 Å². The lowest BCUT2D eigenvalue weighted by Crippen LogP contribution is -2.42. The number of hydrogen-bond donors (Lipinski definition) is 1. The van der Waals surface area contributed by atoms with Gasteiger partial charge in [-0.25, -0.2) is 4.79 Å². The summed E-state index contributed by atoms with van der Waals surface area (Å²) in [6, 6.07) is 4.70. The molecule has 0 aliphatic rings. The smallest absolute Gasteiger partial charge is 0.328 e. The van der Waals surface area contributed by atoms with E-state index in [1.807, 2.05) is 26.8 Å². The number of methoxy groups -OCH3 is 1. The van der Waals surface area contributed by atoms with Gasteiger partial charge in [0, 0.05) is 10.0 Å². The van der Waals surface area contributed by atoms with Gasteiger partial charge in [0.2, 0.25) is 0 Å². The van der Waals surface area contributed by atoms with Crippen LogP contribution in [-0.4, -0.2) is 25.0 Å². The molecule has 1 aromatic rings. The number of esters is 1. The van der Waals surface area contributed by atoms with Crippen LogP contribution < -0.4 is 5.32 Å². The summed E-state index contributed by atoms with van der Waals surface area (Å²) in [6.07, 6.45) is 0.550. The zero-order valence-electron chi connectivity index (χ0n) is 12.2. The second-order valence-electron chi connectivity index (χ2n) is 5.14. The van der Waals surface area contributed by atoms with E-state index in [9.17, 15) is 9.59 Å². The van der Waals surface area contributed by atoms with Crippen LogP contribution in [0.15, 0.2) is 22.7 Å². The topological polar surface area (TPSA) is 55.4 Å². The summed E-state index contributed by atoms with van der Waals surface area (Å²) in [6.45, 7) is 5.89. The van der Waals surface area contributed by atoms with Crippen molar-refractivity contribution < 1.29 is 14.3 Å². The quantitative estimate of drug-likeness (QED) is 0.837. The third-order valence-corrected chi connectivity index (χ3v) is 3.81. The van der Waals surface area contributed by atoms with Crippen molar-refractivity contribution in [1.82, 2.24) is 5.32 Å². The molecule has 4 nitrogen and oxygen atoms in total. The van der Waals surface area contributed by atoms with Crippen LogP contribution in [-0.2, 0) is 9.53 Å². The number of nitrogens with one attached hydrogen (secondary N) is 1. The maximum Gasteiger partial charge on any atom is 0.328 e. The second-order valence-corrected chi connectivity index (χ2v) is 6.00. The van der Waals surface area contributed by atoms with E-state index in [0.717, 1.165) is 10.0 Å². The van der Waals surface area contributed by atoms with Crippen LogP contribution in [0.1, 0.15) is 36.2 Å². The number of halogens is 1. The molecule has 0 aromatic heterocycles. The van der Waals surface area contributed by atoms with Gasteiger partial charge >= 0.3 is 5.97 Å². The normalized spacial score (nSPS) is 12.1. The number of aryl methyl sites for hydroxylation is 1. The molecule has 0 heterocycles. The SMILES string of the molecule is COC(=O)C(CC(C)C)NC(=O)c1ccc(Br)c(C)c1. The molecule has 0 fully saturated rings. The molecule has 0 radical (unpaired) electrons. The lowest BCUT2D eigenvalue weighted by Gasteiger charge is -2.18. The Morgan fingerprint density at radius 3 is 2.50 bits per heavy atom. The predicted molar refractivity (Wildman–Crippen MR) is 81.6 cm³/mol. The third-order valence-electron chi connectivity index (χ3n) is 2.92. The standard InChI is InChI=1S/C15H20BrNO3/c1-9(2)7-13(15(19)20-4)17-14(18)11-5-6-12(16)10(3)8-11/h5-6,8-9,13H,7H2,1-4H3,(H,17,18). The van der Waals surface area contributed by atoms with E-state index in [1.54, 1.807) is 12.1 Å². The van der Waals surface area contributed by atoms with Crippen LogP contribution in [0.4, 0.5) is 0 Å². The maximum atomic E-state index is 12.2. The highest BCUT2D eigenvalue weighted by Crippen LogP contribution is 2.17. The summed E-state index contributed by atoms with van der Waals surface area (Å²) in [4.78, 5) is 23.9. The number of benzene rings is 1. The molecule has 1 unspecified atom stereocenters. The molecule has 0 saturated carbocycles. The Hall–Kier alpha value is -1.36. The zero-order valence-corrected chi connectivity index (χ0v) is 13.8. The molecule has 1 aromatic carbocycles. The molecule has 0 spiro atoms. The second kappa shape index (κ2) is 7.43.